The Kier molecular flexibility index (Phi) is 5.21. The molecule has 0 unspecified atom stereocenters. The van der Waals surface area contributed by atoms with E-state index in [1.807, 2.05) is 48.5 Å². The molecular weight excluding hydrogens is 264 g/mol. The van der Waals surface area contributed by atoms with Crippen molar-refractivity contribution in [2.45, 2.75) is 19.9 Å². The molecule has 4 heteroatoms. The van der Waals surface area contributed by atoms with E-state index >= 15 is 0 Å². The molecule has 0 bridgehead atoms. The van der Waals surface area contributed by atoms with Crippen LogP contribution in [0.15, 0.2) is 48.5 Å². The van der Waals surface area contributed by atoms with Gasteiger partial charge in [-0.15, -0.1) is 0 Å². The van der Waals surface area contributed by atoms with Crippen LogP contribution in [0.2, 0.25) is 0 Å². The van der Waals surface area contributed by atoms with Crippen molar-refractivity contribution in [1.29, 1.82) is 0 Å². The Morgan fingerprint density at radius 2 is 1.86 bits per heavy atom. The third kappa shape index (κ3) is 4.53. The first kappa shape index (κ1) is 14.9. The zero-order chi connectivity index (χ0) is 15.1. The average Bonchev–Trinajstić information content (AvgIpc) is 2.54. The number of benzene rings is 2. The molecule has 0 saturated carbocycles. The second-order valence-electron chi connectivity index (χ2n) is 4.71. The molecule has 2 amide bonds. The van der Waals surface area contributed by atoms with Crippen molar-refractivity contribution in [2.24, 2.45) is 0 Å². The van der Waals surface area contributed by atoms with Crippen LogP contribution in [0.1, 0.15) is 18.1 Å². The summed E-state index contributed by atoms with van der Waals surface area (Å²) in [5.41, 5.74) is 3.03. The van der Waals surface area contributed by atoms with E-state index in [2.05, 4.69) is 17.6 Å². The molecule has 110 valence electrons. The molecule has 0 spiro atoms. The second-order valence-corrected chi connectivity index (χ2v) is 4.71. The fraction of sp³-hybridized carbons (Fsp3) is 0.235. The van der Waals surface area contributed by atoms with E-state index in [1.54, 1.807) is 7.11 Å². The van der Waals surface area contributed by atoms with Gasteiger partial charge in [-0.05, 0) is 41.8 Å². The molecule has 0 fully saturated rings. The summed E-state index contributed by atoms with van der Waals surface area (Å²) in [5.74, 6) is 0.782. The Balaban J connectivity index is 1.86. The molecule has 0 aliphatic carbocycles. The lowest BCUT2D eigenvalue weighted by molar-refractivity contribution is 0.251. The van der Waals surface area contributed by atoms with E-state index in [1.165, 1.54) is 5.56 Å². The van der Waals surface area contributed by atoms with Gasteiger partial charge in [-0.3, -0.25) is 0 Å². The maximum Gasteiger partial charge on any atom is 0.319 e. The summed E-state index contributed by atoms with van der Waals surface area (Å²) in [7, 11) is 1.62. The number of aryl methyl sites for hydroxylation is 1. The summed E-state index contributed by atoms with van der Waals surface area (Å²) in [6.45, 7) is 2.55. The van der Waals surface area contributed by atoms with Crippen LogP contribution in [0.25, 0.3) is 0 Å². The maximum absolute atomic E-state index is 11.8. The van der Waals surface area contributed by atoms with Crippen molar-refractivity contribution in [2.75, 3.05) is 12.4 Å². The van der Waals surface area contributed by atoms with Crippen LogP contribution in [-0.2, 0) is 13.0 Å². The summed E-state index contributed by atoms with van der Waals surface area (Å²) in [5, 5.41) is 5.63. The minimum atomic E-state index is -0.220. The highest BCUT2D eigenvalue weighted by Crippen LogP contribution is 2.12. The van der Waals surface area contributed by atoms with Gasteiger partial charge in [-0.1, -0.05) is 31.2 Å². The summed E-state index contributed by atoms with van der Waals surface area (Å²) < 4.78 is 5.15. The van der Waals surface area contributed by atoms with Crippen LogP contribution in [0.3, 0.4) is 0 Å². The fourth-order valence-corrected chi connectivity index (χ4v) is 1.96. The van der Waals surface area contributed by atoms with Gasteiger partial charge < -0.3 is 15.4 Å². The topological polar surface area (TPSA) is 50.4 Å². The number of hydrogen-bond donors (Lipinski definition) is 2. The van der Waals surface area contributed by atoms with Crippen LogP contribution in [0.5, 0.6) is 5.75 Å². The summed E-state index contributed by atoms with van der Waals surface area (Å²) in [4.78, 5) is 11.8. The minimum absolute atomic E-state index is 0.220. The maximum atomic E-state index is 11.8. The number of carbonyl (C=O) groups is 1. The number of anilines is 1. The molecule has 0 aromatic heterocycles. The zero-order valence-corrected chi connectivity index (χ0v) is 12.3. The number of rotatable bonds is 5. The minimum Gasteiger partial charge on any atom is -0.497 e. The molecule has 2 aromatic rings. The third-order valence-electron chi connectivity index (χ3n) is 3.21. The van der Waals surface area contributed by atoms with Gasteiger partial charge in [0.15, 0.2) is 0 Å². The zero-order valence-electron chi connectivity index (χ0n) is 12.3. The number of hydrogen-bond acceptors (Lipinski definition) is 2. The molecule has 2 rings (SSSR count). The van der Waals surface area contributed by atoms with Gasteiger partial charge >= 0.3 is 6.03 Å². The molecule has 4 nitrogen and oxygen atoms in total. The molecule has 2 aromatic carbocycles. The van der Waals surface area contributed by atoms with Crippen LogP contribution in [0.4, 0.5) is 10.5 Å². The number of ether oxygens (including phenoxy) is 1. The van der Waals surface area contributed by atoms with E-state index < -0.39 is 0 Å². The quantitative estimate of drug-likeness (QED) is 0.881. The largest absolute Gasteiger partial charge is 0.497 e. The van der Waals surface area contributed by atoms with Gasteiger partial charge in [0.1, 0.15) is 5.75 Å². The van der Waals surface area contributed by atoms with Crippen LogP contribution < -0.4 is 15.4 Å². The van der Waals surface area contributed by atoms with Gasteiger partial charge in [0, 0.05) is 12.2 Å². The molecule has 0 saturated heterocycles. The second kappa shape index (κ2) is 7.33. The lowest BCUT2D eigenvalue weighted by Crippen LogP contribution is -2.28. The highest BCUT2D eigenvalue weighted by molar-refractivity contribution is 5.89. The molecule has 0 radical (unpaired) electrons. The molecule has 2 N–H and O–H groups in total. The van der Waals surface area contributed by atoms with Crippen molar-refractivity contribution in [3.05, 3.63) is 59.7 Å². The number of amides is 2. The molecule has 0 atom stereocenters. The third-order valence-corrected chi connectivity index (χ3v) is 3.21. The molecule has 0 aliphatic rings. The standard InChI is InChI=1S/C17H20N2O2/c1-3-13-7-9-15(10-8-13)19-17(20)18-12-14-5-4-6-16(11-14)21-2/h4-11H,3,12H2,1-2H3,(H2,18,19,20). The molecular formula is C17H20N2O2. The van der Waals surface area contributed by atoms with Crippen LogP contribution in [0, 0.1) is 0 Å². The van der Waals surface area contributed by atoms with Gasteiger partial charge in [0.05, 0.1) is 7.11 Å². The number of urea groups is 1. The first-order valence-corrected chi connectivity index (χ1v) is 6.98. The molecule has 21 heavy (non-hydrogen) atoms. The summed E-state index contributed by atoms with van der Waals surface area (Å²) >= 11 is 0. The van der Waals surface area contributed by atoms with Crippen molar-refractivity contribution in [1.82, 2.24) is 5.32 Å². The SMILES string of the molecule is CCc1ccc(NC(=O)NCc2cccc(OC)c2)cc1. The Morgan fingerprint density at radius 1 is 1.10 bits per heavy atom. The number of carbonyl (C=O) groups excluding carboxylic acids is 1. The highest BCUT2D eigenvalue weighted by atomic mass is 16.5. The monoisotopic (exact) mass is 284 g/mol. The first-order valence-electron chi connectivity index (χ1n) is 6.98. The predicted octanol–water partition coefficient (Wildman–Crippen LogP) is 3.58. The van der Waals surface area contributed by atoms with Crippen LogP contribution >= 0.6 is 0 Å². The van der Waals surface area contributed by atoms with Crippen molar-refractivity contribution in [3.63, 3.8) is 0 Å². The Morgan fingerprint density at radius 3 is 2.52 bits per heavy atom. The van der Waals surface area contributed by atoms with Gasteiger partial charge in [0.2, 0.25) is 0 Å². The fourth-order valence-electron chi connectivity index (χ4n) is 1.96. The lowest BCUT2D eigenvalue weighted by atomic mass is 10.1. The van der Waals surface area contributed by atoms with Crippen molar-refractivity contribution < 1.29 is 9.53 Å². The molecule has 0 aliphatic heterocycles. The van der Waals surface area contributed by atoms with Gasteiger partial charge in [-0.25, -0.2) is 4.79 Å². The smallest absolute Gasteiger partial charge is 0.319 e. The first-order chi connectivity index (χ1) is 10.2. The van der Waals surface area contributed by atoms with Gasteiger partial charge in [-0.2, -0.15) is 0 Å². The summed E-state index contributed by atoms with van der Waals surface area (Å²) in [6, 6.07) is 15.2. The highest BCUT2D eigenvalue weighted by Gasteiger charge is 2.02. The van der Waals surface area contributed by atoms with Crippen molar-refractivity contribution >= 4 is 11.7 Å². The number of nitrogens with one attached hydrogen (secondary N) is 2. The average molecular weight is 284 g/mol. The van der Waals surface area contributed by atoms with Crippen molar-refractivity contribution in [3.8, 4) is 5.75 Å². The Bertz CT molecular complexity index is 594. The van der Waals surface area contributed by atoms with E-state index in [-0.39, 0.29) is 6.03 Å². The van der Waals surface area contributed by atoms with E-state index in [4.69, 9.17) is 4.74 Å². The van der Waals surface area contributed by atoms with E-state index in [0.29, 0.717) is 6.54 Å². The number of methoxy groups -OCH3 is 1. The van der Waals surface area contributed by atoms with Crippen LogP contribution in [-0.4, -0.2) is 13.1 Å². The summed E-state index contributed by atoms with van der Waals surface area (Å²) in [6.07, 6.45) is 0.988. The Labute approximate surface area is 125 Å². The Hall–Kier alpha value is -2.49. The normalized spacial score (nSPS) is 10.0. The molecule has 0 heterocycles. The van der Waals surface area contributed by atoms with Gasteiger partial charge in [0.25, 0.3) is 0 Å². The lowest BCUT2D eigenvalue weighted by Gasteiger charge is -2.09. The van der Waals surface area contributed by atoms with E-state index in [0.717, 1.165) is 23.4 Å². The van der Waals surface area contributed by atoms with E-state index in [9.17, 15) is 4.79 Å². The predicted molar refractivity (Wildman–Crippen MR) is 84.7 cm³/mol.